The minimum atomic E-state index is -4.92. The first-order valence-corrected chi connectivity index (χ1v) is 11.1. The van der Waals surface area contributed by atoms with Crippen LogP contribution >= 0.6 is 31.9 Å². The molecule has 2 aliphatic rings. The predicted molar refractivity (Wildman–Crippen MR) is 113 cm³/mol. The summed E-state index contributed by atoms with van der Waals surface area (Å²) in [6.07, 6.45) is 0. The second-order valence-electron chi connectivity index (χ2n) is 6.27. The Balaban J connectivity index is 2.36. The Labute approximate surface area is 185 Å². The van der Waals surface area contributed by atoms with Crippen LogP contribution in [0.5, 0.6) is 17.2 Å². The summed E-state index contributed by atoms with van der Waals surface area (Å²) in [5.74, 6) is -2.44. The number of benzene rings is 3. The first-order chi connectivity index (χ1) is 14.0. The summed E-state index contributed by atoms with van der Waals surface area (Å²) < 4.78 is 41.2. The van der Waals surface area contributed by atoms with E-state index in [4.69, 9.17) is 4.42 Å². The minimum absolute atomic E-state index is 0.0344. The molecule has 1 aliphatic heterocycles. The Hall–Kier alpha value is -2.60. The number of hydrogen-bond acceptors (Lipinski definition) is 8. The van der Waals surface area contributed by atoms with Gasteiger partial charge in [-0.3, -0.25) is 4.79 Å². The van der Waals surface area contributed by atoms with Gasteiger partial charge in [-0.05, 0) is 50.1 Å². The van der Waals surface area contributed by atoms with Crippen molar-refractivity contribution in [2.24, 2.45) is 0 Å². The summed E-state index contributed by atoms with van der Waals surface area (Å²) in [5, 5.41) is 30.9. The summed E-state index contributed by atoms with van der Waals surface area (Å²) in [6, 6.07) is 8.01. The molecule has 0 fully saturated rings. The second kappa shape index (κ2) is 6.98. The Morgan fingerprint density at radius 1 is 0.900 bits per heavy atom. The van der Waals surface area contributed by atoms with Gasteiger partial charge >= 0.3 is 0 Å². The van der Waals surface area contributed by atoms with Crippen molar-refractivity contribution in [3.05, 3.63) is 55.6 Å². The molecule has 0 amide bonds. The molecule has 0 radical (unpaired) electrons. The van der Waals surface area contributed by atoms with Crippen molar-refractivity contribution in [1.82, 2.24) is 0 Å². The summed E-state index contributed by atoms with van der Waals surface area (Å²) in [6.45, 7) is 0. The van der Waals surface area contributed by atoms with E-state index in [1.807, 2.05) is 0 Å². The monoisotopic (exact) mass is 555 g/mol. The van der Waals surface area contributed by atoms with Gasteiger partial charge < -0.3 is 24.3 Å². The molecule has 1 heterocycles. The lowest BCUT2D eigenvalue weighted by atomic mass is 9.93. The molecule has 8 nitrogen and oxygen atoms in total. The van der Waals surface area contributed by atoms with Gasteiger partial charge in [0.1, 0.15) is 10.1 Å². The van der Waals surface area contributed by atoms with Gasteiger partial charge in [0.05, 0.1) is 13.8 Å². The Morgan fingerprint density at radius 3 is 2.23 bits per heavy atom. The maximum absolute atomic E-state index is 12.2. The van der Waals surface area contributed by atoms with Crippen LogP contribution in [-0.2, 0) is 10.1 Å². The zero-order chi connectivity index (χ0) is 22.0. The average Bonchev–Trinajstić information content (AvgIpc) is 2.69. The Kier molecular flexibility index (Phi) is 4.81. The van der Waals surface area contributed by atoms with Crippen LogP contribution in [-0.4, -0.2) is 28.3 Å². The molecule has 30 heavy (non-hydrogen) atoms. The van der Waals surface area contributed by atoms with E-state index in [-0.39, 0.29) is 42.4 Å². The number of hydrogen-bond donors (Lipinski definition) is 3. The quantitative estimate of drug-likeness (QED) is 0.190. The van der Waals surface area contributed by atoms with E-state index in [0.717, 1.165) is 6.07 Å². The lowest BCUT2D eigenvalue weighted by Gasteiger charge is -2.20. The molecular weight excluding hydrogens is 548 g/mol. The van der Waals surface area contributed by atoms with E-state index < -0.39 is 37.7 Å². The highest BCUT2D eigenvalue weighted by Crippen LogP contribution is 2.50. The van der Waals surface area contributed by atoms with E-state index in [1.54, 1.807) is 0 Å². The number of halogens is 2. The average molecular weight is 557 g/mol. The molecule has 0 spiro atoms. The first-order valence-electron chi connectivity index (χ1n) is 8.10. The third-order valence-corrected chi connectivity index (χ3v) is 6.60. The Bertz CT molecular complexity index is 1490. The molecule has 154 valence electrons. The van der Waals surface area contributed by atoms with E-state index in [0.29, 0.717) is 0 Å². The lowest BCUT2D eigenvalue weighted by molar-refractivity contribution is 0.396. The fourth-order valence-corrected chi connectivity index (χ4v) is 4.74. The summed E-state index contributed by atoms with van der Waals surface area (Å²) in [7, 11) is -4.92. The summed E-state index contributed by atoms with van der Waals surface area (Å²) >= 11 is 6.14. The number of aromatic hydroxyl groups is 3. The molecule has 11 heteroatoms. The molecule has 0 atom stereocenters. The maximum Gasteiger partial charge on any atom is 0.238 e. The van der Waals surface area contributed by atoms with Crippen molar-refractivity contribution in [3.63, 3.8) is 0 Å². The standard InChI is InChI=1S/C19H10Br2O8S/c20-10-5-8-13(7-3-1-2-4-12(7)30(26,27)28)9-6-11(21)15(23)17(25)19(9)29-18(8)16(24)14(10)22/h1-6,22,24-25H,(H,26,27,28)/p-1. The zero-order valence-electron chi connectivity index (χ0n) is 14.5. The molecule has 1 aliphatic carbocycles. The van der Waals surface area contributed by atoms with Crippen molar-refractivity contribution < 1.29 is 32.7 Å². The van der Waals surface area contributed by atoms with Crippen LogP contribution in [0.25, 0.3) is 33.4 Å². The van der Waals surface area contributed by atoms with Gasteiger partial charge in [-0.15, -0.1) is 0 Å². The molecule has 0 saturated heterocycles. The minimum Gasteiger partial charge on any atom is -0.744 e. The molecule has 0 bridgehead atoms. The topological polar surface area (TPSA) is 148 Å². The van der Waals surface area contributed by atoms with Crippen LogP contribution in [0, 0.1) is 0 Å². The summed E-state index contributed by atoms with van der Waals surface area (Å²) in [5.41, 5.74) is -0.983. The number of phenolic OH excluding ortho intramolecular Hbond substituents is 3. The molecule has 0 saturated carbocycles. The van der Waals surface area contributed by atoms with Gasteiger partial charge in [-0.25, -0.2) is 8.42 Å². The van der Waals surface area contributed by atoms with Gasteiger partial charge in [0.15, 0.2) is 17.1 Å². The zero-order valence-corrected chi connectivity index (χ0v) is 18.5. The second-order valence-corrected chi connectivity index (χ2v) is 9.33. The third-order valence-electron chi connectivity index (χ3n) is 4.51. The lowest BCUT2D eigenvalue weighted by Crippen LogP contribution is -2.06. The fourth-order valence-electron chi connectivity index (χ4n) is 3.22. The largest absolute Gasteiger partial charge is 0.744 e. The number of rotatable bonds is 2. The highest BCUT2D eigenvalue weighted by Gasteiger charge is 2.28. The van der Waals surface area contributed by atoms with Crippen LogP contribution in [0.4, 0.5) is 0 Å². The van der Waals surface area contributed by atoms with Crippen LogP contribution < -0.4 is 5.43 Å². The highest BCUT2D eigenvalue weighted by molar-refractivity contribution is 9.10. The molecule has 3 N–H and O–H groups in total. The molecule has 4 rings (SSSR count). The van der Waals surface area contributed by atoms with Gasteiger partial charge in [-0.2, -0.15) is 0 Å². The molecular formula is C19H9Br2O8S-. The van der Waals surface area contributed by atoms with Crippen molar-refractivity contribution >= 4 is 52.9 Å². The number of fused-ring (bicyclic) bond motifs is 2. The van der Waals surface area contributed by atoms with Crippen molar-refractivity contribution in [1.29, 1.82) is 0 Å². The Morgan fingerprint density at radius 2 is 1.57 bits per heavy atom. The van der Waals surface area contributed by atoms with E-state index in [1.165, 1.54) is 30.3 Å². The van der Waals surface area contributed by atoms with Crippen LogP contribution in [0.15, 0.2) is 59.5 Å². The van der Waals surface area contributed by atoms with E-state index >= 15 is 0 Å². The third kappa shape index (κ3) is 3.05. The van der Waals surface area contributed by atoms with Gasteiger partial charge in [-0.1, -0.05) is 18.2 Å². The normalized spacial score (nSPS) is 12.0. The highest BCUT2D eigenvalue weighted by atomic mass is 79.9. The van der Waals surface area contributed by atoms with Crippen LogP contribution in [0.2, 0.25) is 0 Å². The number of phenols is 3. The molecule has 2 aromatic rings. The fraction of sp³-hybridized carbons (Fsp3) is 0. The first kappa shape index (κ1) is 20.7. The smallest absolute Gasteiger partial charge is 0.238 e. The predicted octanol–water partition coefficient (Wildman–Crippen LogP) is 4.11. The van der Waals surface area contributed by atoms with Crippen molar-refractivity contribution in [2.45, 2.75) is 4.90 Å². The van der Waals surface area contributed by atoms with Gasteiger partial charge in [0.25, 0.3) is 0 Å². The maximum atomic E-state index is 12.2. The summed E-state index contributed by atoms with van der Waals surface area (Å²) in [4.78, 5) is 11.6. The van der Waals surface area contributed by atoms with E-state index in [9.17, 15) is 33.1 Å². The van der Waals surface area contributed by atoms with Crippen LogP contribution in [0.1, 0.15) is 0 Å². The van der Waals surface area contributed by atoms with Crippen molar-refractivity contribution in [3.8, 4) is 39.7 Å². The van der Waals surface area contributed by atoms with Gasteiger partial charge in [0.2, 0.25) is 16.9 Å². The van der Waals surface area contributed by atoms with E-state index in [2.05, 4.69) is 31.9 Å². The molecule has 2 aromatic carbocycles. The SMILES string of the molecule is O=c1c(Br)cc2c(-c3ccccc3S(=O)(=O)[O-])c3cc(Br)c(O)c(O)c3oc-2c1O. The van der Waals surface area contributed by atoms with Crippen LogP contribution in [0.3, 0.4) is 0 Å². The molecule has 0 unspecified atom stereocenters. The van der Waals surface area contributed by atoms with Crippen molar-refractivity contribution in [2.75, 3.05) is 0 Å². The van der Waals surface area contributed by atoms with Gasteiger partial charge in [0, 0.05) is 22.1 Å². The molecule has 0 aromatic heterocycles.